The molecule has 8 nitrogen and oxygen atoms in total. The maximum Gasteiger partial charge on any atom is 0.256 e. The number of amides is 1. The molecule has 0 spiro atoms. The van der Waals surface area contributed by atoms with Crippen molar-refractivity contribution in [2.45, 2.75) is 24.6 Å². The number of aryl methyl sites for hydroxylation is 2. The summed E-state index contributed by atoms with van der Waals surface area (Å²) in [6.07, 6.45) is 3.52. The van der Waals surface area contributed by atoms with Crippen LogP contribution in [0.25, 0.3) is 10.3 Å². The van der Waals surface area contributed by atoms with Gasteiger partial charge in [0.15, 0.2) is 5.13 Å². The number of thioether (sulfide) groups is 1. The number of carbonyl (C=O) groups is 1. The molecule has 1 fully saturated rings. The Hall–Kier alpha value is -2.98. The van der Waals surface area contributed by atoms with Crippen molar-refractivity contribution in [3.8, 4) is 0 Å². The summed E-state index contributed by atoms with van der Waals surface area (Å²) in [4.78, 5) is 31.9. The molecule has 0 atom stereocenters. The summed E-state index contributed by atoms with van der Waals surface area (Å²) in [7, 11) is 0. The van der Waals surface area contributed by atoms with Crippen molar-refractivity contribution in [3.63, 3.8) is 0 Å². The average Bonchev–Trinajstić information content (AvgIpc) is 3.40. The van der Waals surface area contributed by atoms with Crippen LogP contribution in [0.2, 0.25) is 0 Å². The van der Waals surface area contributed by atoms with Crippen LogP contribution in [0.1, 0.15) is 27.4 Å². The highest BCUT2D eigenvalue weighted by Crippen LogP contribution is 2.30. The van der Waals surface area contributed by atoms with Gasteiger partial charge in [-0.1, -0.05) is 16.5 Å². The molecule has 5 heterocycles. The summed E-state index contributed by atoms with van der Waals surface area (Å²) in [5.41, 5.74) is 3.49. The molecule has 4 aromatic heterocycles. The van der Waals surface area contributed by atoms with Crippen molar-refractivity contribution in [1.82, 2.24) is 25.0 Å². The third-order valence-electron chi connectivity index (χ3n) is 5.53. The van der Waals surface area contributed by atoms with Gasteiger partial charge < -0.3 is 14.3 Å². The van der Waals surface area contributed by atoms with Crippen LogP contribution < -0.4 is 4.90 Å². The van der Waals surface area contributed by atoms with Crippen LogP contribution in [-0.4, -0.2) is 57.1 Å². The third-order valence-corrected chi connectivity index (χ3v) is 7.60. The molecule has 0 aromatic carbocycles. The number of piperazine rings is 1. The first-order valence-corrected chi connectivity index (χ1v) is 12.2. The van der Waals surface area contributed by atoms with Gasteiger partial charge in [0.2, 0.25) is 0 Å². The van der Waals surface area contributed by atoms with E-state index in [1.807, 2.05) is 43.0 Å². The fourth-order valence-corrected chi connectivity index (χ4v) is 5.78. The number of hydrogen-bond donors (Lipinski definition) is 0. The number of rotatable bonds is 5. The van der Waals surface area contributed by atoms with Crippen LogP contribution in [0.4, 0.5) is 5.13 Å². The molecule has 0 radical (unpaired) electrons. The second-order valence-corrected chi connectivity index (χ2v) is 9.47. The number of nitrogens with zero attached hydrogens (tertiary/aromatic N) is 6. The largest absolute Gasteiger partial charge is 0.361 e. The molecule has 164 valence electrons. The van der Waals surface area contributed by atoms with E-state index in [0.717, 1.165) is 50.6 Å². The number of thiazole rings is 1. The van der Waals surface area contributed by atoms with Crippen molar-refractivity contribution in [2.75, 3.05) is 31.1 Å². The lowest BCUT2D eigenvalue weighted by molar-refractivity contribution is 0.0742. The second kappa shape index (κ2) is 8.87. The van der Waals surface area contributed by atoms with Crippen LogP contribution in [0.5, 0.6) is 0 Å². The van der Waals surface area contributed by atoms with E-state index in [9.17, 15) is 4.79 Å². The average molecular weight is 467 g/mol. The van der Waals surface area contributed by atoms with E-state index in [-0.39, 0.29) is 5.91 Å². The lowest BCUT2D eigenvalue weighted by Crippen LogP contribution is -2.48. The first kappa shape index (κ1) is 20.9. The zero-order chi connectivity index (χ0) is 22.1. The third kappa shape index (κ3) is 4.07. The van der Waals surface area contributed by atoms with Crippen molar-refractivity contribution in [3.05, 3.63) is 59.2 Å². The molecule has 32 heavy (non-hydrogen) atoms. The van der Waals surface area contributed by atoms with E-state index in [4.69, 9.17) is 9.51 Å². The lowest BCUT2D eigenvalue weighted by atomic mass is 10.2. The predicted octanol–water partition coefficient (Wildman–Crippen LogP) is 3.95. The molecular formula is C22H22N6O2S2. The Morgan fingerprint density at radius 2 is 1.91 bits per heavy atom. The van der Waals surface area contributed by atoms with Gasteiger partial charge >= 0.3 is 0 Å². The van der Waals surface area contributed by atoms with Crippen LogP contribution in [-0.2, 0) is 5.75 Å². The van der Waals surface area contributed by atoms with Crippen LogP contribution in [0.15, 0.2) is 46.2 Å². The van der Waals surface area contributed by atoms with Gasteiger partial charge in [-0.05, 0) is 38.1 Å². The highest BCUT2D eigenvalue weighted by Gasteiger charge is 2.26. The fourth-order valence-electron chi connectivity index (χ4n) is 3.68. The number of fused-ring (bicyclic) bond motifs is 1. The molecular weight excluding hydrogens is 444 g/mol. The molecule has 0 unspecified atom stereocenters. The molecule has 1 aliphatic rings. The first-order valence-electron chi connectivity index (χ1n) is 10.4. The molecule has 5 rings (SSSR count). The number of aromatic nitrogens is 4. The Bertz CT molecular complexity index is 1210. The Balaban J connectivity index is 1.26. The van der Waals surface area contributed by atoms with E-state index in [1.165, 1.54) is 0 Å². The predicted molar refractivity (Wildman–Crippen MR) is 125 cm³/mol. The molecule has 0 aliphatic carbocycles. The van der Waals surface area contributed by atoms with Gasteiger partial charge in [-0.25, -0.2) is 15.0 Å². The molecule has 0 saturated carbocycles. The van der Waals surface area contributed by atoms with Crippen molar-refractivity contribution in [2.24, 2.45) is 0 Å². The smallest absolute Gasteiger partial charge is 0.256 e. The van der Waals surface area contributed by atoms with E-state index in [1.54, 1.807) is 35.5 Å². The van der Waals surface area contributed by atoms with E-state index in [2.05, 4.69) is 20.0 Å². The molecule has 4 aromatic rings. The van der Waals surface area contributed by atoms with Gasteiger partial charge in [-0.3, -0.25) is 4.79 Å². The summed E-state index contributed by atoms with van der Waals surface area (Å²) in [6.45, 7) is 6.61. The quantitative estimate of drug-likeness (QED) is 0.409. The number of anilines is 1. The van der Waals surface area contributed by atoms with Gasteiger partial charge in [-0.2, -0.15) is 0 Å². The maximum absolute atomic E-state index is 13.3. The van der Waals surface area contributed by atoms with Crippen molar-refractivity contribution >= 4 is 44.5 Å². The minimum atomic E-state index is 0.0185. The normalized spacial score (nSPS) is 14.3. The minimum absolute atomic E-state index is 0.0185. The number of carbonyl (C=O) groups excluding carboxylic acids is 1. The molecule has 0 bridgehead atoms. The molecule has 10 heteroatoms. The molecule has 0 N–H and O–H groups in total. The van der Waals surface area contributed by atoms with E-state index in [0.29, 0.717) is 24.4 Å². The summed E-state index contributed by atoms with van der Waals surface area (Å²) < 4.78 is 5.25. The van der Waals surface area contributed by atoms with Crippen LogP contribution in [0.3, 0.4) is 0 Å². The number of hydrogen-bond acceptors (Lipinski definition) is 9. The highest BCUT2D eigenvalue weighted by molar-refractivity contribution is 7.98. The zero-order valence-electron chi connectivity index (χ0n) is 17.8. The second-order valence-electron chi connectivity index (χ2n) is 7.55. The van der Waals surface area contributed by atoms with Gasteiger partial charge in [0.1, 0.15) is 21.1 Å². The number of pyridine rings is 2. The minimum Gasteiger partial charge on any atom is -0.361 e. The van der Waals surface area contributed by atoms with Gasteiger partial charge in [0.05, 0.1) is 11.3 Å². The Labute approximate surface area is 193 Å². The first-order chi connectivity index (χ1) is 15.6. The lowest BCUT2D eigenvalue weighted by Gasteiger charge is -2.34. The topological polar surface area (TPSA) is 88.3 Å². The van der Waals surface area contributed by atoms with Gasteiger partial charge in [0.25, 0.3) is 5.91 Å². The van der Waals surface area contributed by atoms with E-state index >= 15 is 0 Å². The molecule has 1 aliphatic heterocycles. The summed E-state index contributed by atoms with van der Waals surface area (Å²) in [5, 5.41) is 5.70. The van der Waals surface area contributed by atoms with Crippen LogP contribution in [0, 0.1) is 13.8 Å². The molecule has 1 saturated heterocycles. The fraction of sp³-hybridized carbons (Fsp3) is 0.318. The van der Waals surface area contributed by atoms with E-state index < -0.39 is 0 Å². The van der Waals surface area contributed by atoms with Crippen molar-refractivity contribution < 1.29 is 9.32 Å². The standard InChI is InChI=1S/C22H22N6O2S2/c1-14-17(15(2)30-26-14)13-31-19-16(5-3-7-23-19)21(29)27-9-11-28(12-10-27)22-25-18-6-4-8-24-20(18)32-22/h3-8H,9-13H2,1-2H3. The van der Waals surface area contributed by atoms with Gasteiger partial charge in [0, 0.05) is 49.9 Å². The van der Waals surface area contributed by atoms with Gasteiger partial charge in [-0.15, -0.1) is 11.8 Å². The Kier molecular flexibility index (Phi) is 5.79. The van der Waals surface area contributed by atoms with Crippen molar-refractivity contribution in [1.29, 1.82) is 0 Å². The monoisotopic (exact) mass is 466 g/mol. The highest BCUT2D eigenvalue weighted by atomic mass is 32.2. The maximum atomic E-state index is 13.3. The summed E-state index contributed by atoms with van der Waals surface area (Å²) in [6, 6.07) is 7.55. The summed E-state index contributed by atoms with van der Waals surface area (Å²) in [5.74, 6) is 1.49. The SMILES string of the molecule is Cc1noc(C)c1CSc1ncccc1C(=O)N1CCN(c2nc3cccnc3s2)CC1. The Morgan fingerprint density at radius 1 is 1.12 bits per heavy atom. The summed E-state index contributed by atoms with van der Waals surface area (Å²) >= 11 is 3.13. The molecule has 1 amide bonds. The zero-order valence-corrected chi connectivity index (χ0v) is 19.4. The Morgan fingerprint density at radius 3 is 2.66 bits per heavy atom. The van der Waals surface area contributed by atoms with Crippen LogP contribution >= 0.6 is 23.1 Å².